The Morgan fingerprint density at radius 3 is 2.76 bits per heavy atom. The number of hydrogen-bond acceptors (Lipinski definition) is 4. The number of halogens is 1. The summed E-state index contributed by atoms with van der Waals surface area (Å²) in [6, 6.07) is 7.91. The quantitative estimate of drug-likeness (QED) is 0.836. The minimum absolute atomic E-state index is 0.0790. The van der Waals surface area contributed by atoms with Crippen molar-refractivity contribution in [2.75, 3.05) is 11.6 Å². The largest absolute Gasteiger partial charge is 0.478 e. The highest BCUT2D eigenvalue weighted by Crippen LogP contribution is 2.22. The molecule has 0 aliphatic rings. The van der Waals surface area contributed by atoms with Gasteiger partial charge < -0.3 is 14.8 Å². The number of benzene rings is 1. The molecule has 21 heavy (non-hydrogen) atoms. The van der Waals surface area contributed by atoms with Gasteiger partial charge >= 0.3 is 5.97 Å². The molecule has 2 N–H and O–H groups in total. The van der Waals surface area contributed by atoms with E-state index in [1.807, 2.05) is 6.26 Å². The maximum Gasteiger partial charge on any atom is 0.336 e. The maximum absolute atomic E-state index is 12.0. The topological polar surface area (TPSA) is 79.5 Å². The van der Waals surface area contributed by atoms with E-state index in [0.717, 1.165) is 5.76 Å². The maximum atomic E-state index is 12.0. The molecule has 0 aliphatic heterocycles. The predicted molar refractivity (Wildman–Crippen MR) is 85.0 cm³/mol. The molecule has 1 heterocycles. The van der Waals surface area contributed by atoms with Crippen LogP contribution in [-0.4, -0.2) is 23.2 Å². The molecule has 0 saturated carbocycles. The second-order valence-corrected chi connectivity index (χ2v) is 5.87. The highest BCUT2D eigenvalue weighted by atomic mass is 79.9. The Morgan fingerprint density at radius 1 is 1.33 bits per heavy atom. The van der Waals surface area contributed by atoms with Crippen LogP contribution in [0.25, 0.3) is 0 Å². The zero-order valence-corrected chi connectivity index (χ0v) is 13.5. The van der Waals surface area contributed by atoms with E-state index in [4.69, 9.17) is 9.52 Å². The highest BCUT2D eigenvalue weighted by molar-refractivity contribution is 9.10. The molecule has 0 atom stereocenters. The van der Waals surface area contributed by atoms with Crippen LogP contribution >= 0.6 is 27.7 Å². The van der Waals surface area contributed by atoms with Gasteiger partial charge in [-0.3, -0.25) is 4.79 Å². The first kappa shape index (κ1) is 15.7. The molecule has 1 aromatic heterocycles. The van der Waals surface area contributed by atoms with Gasteiger partial charge in [0.15, 0.2) is 5.76 Å². The monoisotopic (exact) mass is 369 g/mol. The van der Waals surface area contributed by atoms with Crippen molar-refractivity contribution >= 4 is 45.3 Å². The van der Waals surface area contributed by atoms with Gasteiger partial charge in [-0.2, -0.15) is 11.8 Å². The first-order valence-corrected chi connectivity index (χ1v) is 8.12. The molecule has 1 aromatic carbocycles. The molecular weight excluding hydrogens is 358 g/mol. The van der Waals surface area contributed by atoms with Gasteiger partial charge in [-0.05, 0) is 52.5 Å². The zero-order chi connectivity index (χ0) is 15.4. The van der Waals surface area contributed by atoms with Crippen molar-refractivity contribution in [1.82, 2.24) is 0 Å². The summed E-state index contributed by atoms with van der Waals surface area (Å²) in [7, 11) is 0. The van der Waals surface area contributed by atoms with Crippen molar-refractivity contribution in [2.24, 2.45) is 0 Å². The number of carbonyl (C=O) groups is 2. The lowest BCUT2D eigenvalue weighted by Gasteiger charge is -2.06. The standard InChI is InChI=1S/C14H12BrNO4S/c1-21-7-9-3-5-12(20-9)13(17)16-8-2-4-11(15)10(6-8)14(18)19/h2-6H,7H2,1H3,(H,16,17)(H,18,19). The van der Waals surface area contributed by atoms with Crippen LogP contribution in [0.5, 0.6) is 0 Å². The SMILES string of the molecule is CSCc1ccc(C(=O)Nc2ccc(Br)c(C(=O)O)c2)o1. The first-order chi connectivity index (χ1) is 10.0. The van der Waals surface area contributed by atoms with Crippen LogP contribution in [0.3, 0.4) is 0 Å². The fourth-order valence-corrected chi connectivity index (χ4v) is 2.54. The molecule has 1 amide bonds. The van der Waals surface area contributed by atoms with Gasteiger partial charge in [-0.1, -0.05) is 0 Å². The molecule has 0 bridgehead atoms. The molecular formula is C14H12BrNO4S. The summed E-state index contributed by atoms with van der Waals surface area (Å²) in [6.45, 7) is 0. The van der Waals surface area contributed by atoms with Crippen LogP contribution in [-0.2, 0) is 5.75 Å². The smallest absolute Gasteiger partial charge is 0.336 e. The van der Waals surface area contributed by atoms with Gasteiger partial charge in [0, 0.05) is 10.2 Å². The fourth-order valence-electron chi connectivity index (χ4n) is 1.68. The Morgan fingerprint density at radius 2 is 2.10 bits per heavy atom. The summed E-state index contributed by atoms with van der Waals surface area (Å²) in [4.78, 5) is 23.1. The van der Waals surface area contributed by atoms with Crippen LogP contribution < -0.4 is 5.32 Å². The van der Waals surface area contributed by atoms with Gasteiger partial charge in [0.1, 0.15) is 5.76 Å². The number of amides is 1. The van der Waals surface area contributed by atoms with Gasteiger partial charge in [0.2, 0.25) is 0 Å². The molecule has 0 fully saturated rings. The Bertz CT molecular complexity index is 683. The third-order valence-corrected chi connectivity index (χ3v) is 3.89. The average Bonchev–Trinajstić information content (AvgIpc) is 2.90. The number of carboxylic acids is 1. The molecule has 2 aromatic rings. The lowest BCUT2D eigenvalue weighted by molar-refractivity contribution is 0.0695. The lowest BCUT2D eigenvalue weighted by atomic mass is 10.2. The number of carboxylic acid groups (broad SMARTS) is 1. The fraction of sp³-hybridized carbons (Fsp3) is 0.143. The van der Waals surface area contributed by atoms with Crippen LogP contribution in [0.1, 0.15) is 26.7 Å². The first-order valence-electron chi connectivity index (χ1n) is 5.93. The summed E-state index contributed by atoms with van der Waals surface area (Å²) in [6.07, 6.45) is 1.94. The van der Waals surface area contributed by atoms with Crippen molar-refractivity contribution in [3.63, 3.8) is 0 Å². The molecule has 5 nitrogen and oxygen atoms in total. The van der Waals surface area contributed by atoms with E-state index < -0.39 is 11.9 Å². The summed E-state index contributed by atoms with van der Waals surface area (Å²) < 4.78 is 5.85. The van der Waals surface area contributed by atoms with Gasteiger partial charge in [0.05, 0.1) is 11.3 Å². The van der Waals surface area contributed by atoms with E-state index in [1.165, 1.54) is 6.07 Å². The van der Waals surface area contributed by atoms with E-state index in [1.54, 1.807) is 36.0 Å². The molecule has 0 radical (unpaired) electrons. The summed E-state index contributed by atoms with van der Waals surface area (Å²) in [5.74, 6) is 0.113. The molecule has 7 heteroatoms. The number of anilines is 1. The zero-order valence-electron chi connectivity index (χ0n) is 11.1. The summed E-state index contributed by atoms with van der Waals surface area (Å²) in [5, 5.41) is 11.7. The number of carbonyl (C=O) groups excluding carboxylic acids is 1. The minimum Gasteiger partial charge on any atom is -0.478 e. The molecule has 0 spiro atoms. The van der Waals surface area contributed by atoms with Crippen LogP contribution in [0.2, 0.25) is 0 Å². The van der Waals surface area contributed by atoms with Crippen LogP contribution in [0.4, 0.5) is 5.69 Å². The van der Waals surface area contributed by atoms with Crippen molar-refractivity contribution < 1.29 is 19.1 Å². The number of furan rings is 1. The third kappa shape index (κ3) is 3.89. The number of rotatable bonds is 5. The molecule has 2 rings (SSSR count). The average molecular weight is 370 g/mol. The van der Waals surface area contributed by atoms with Crippen LogP contribution in [0.15, 0.2) is 39.2 Å². The third-order valence-electron chi connectivity index (χ3n) is 2.63. The number of aromatic carboxylic acids is 1. The van der Waals surface area contributed by atoms with Gasteiger partial charge in [0.25, 0.3) is 5.91 Å². The molecule has 0 saturated heterocycles. The Hall–Kier alpha value is -1.73. The second-order valence-electron chi connectivity index (χ2n) is 4.15. The molecule has 0 unspecified atom stereocenters. The minimum atomic E-state index is -1.07. The van der Waals surface area contributed by atoms with E-state index in [0.29, 0.717) is 15.9 Å². The Balaban J connectivity index is 2.15. The summed E-state index contributed by atoms with van der Waals surface area (Å²) >= 11 is 4.74. The van der Waals surface area contributed by atoms with Crippen molar-refractivity contribution in [3.8, 4) is 0 Å². The molecule has 110 valence electrons. The Labute approximate surface area is 133 Å². The number of nitrogens with one attached hydrogen (secondary N) is 1. The number of thioether (sulfide) groups is 1. The van der Waals surface area contributed by atoms with E-state index in [9.17, 15) is 9.59 Å². The second kappa shape index (κ2) is 6.82. The van der Waals surface area contributed by atoms with E-state index in [2.05, 4.69) is 21.2 Å². The predicted octanol–water partition coefficient (Wildman–Crippen LogP) is 3.86. The normalized spacial score (nSPS) is 10.4. The lowest BCUT2D eigenvalue weighted by Crippen LogP contribution is -2.11. The summed E-state index contributed by atoms with van der Waals surface area (Å²) in [5.41, 5.74) is 0.471. The molecule has 0 aliphatic carbocycles. The van der Waals surface area contributed by atoms with Crippen molar-refractivity contribution in [1.29, 1.82) is 0 Å². The number of hydrogen-bond donors (Lipinski definition) is 2. The Kier molecular flexibility index (Phi) is 5.08. The highest BCUT2D eigenvalue weighted by Gasteiger charge is 2.14. The van der Waals surface area contributed by atoms with Crippen LogP contribution in [0, 0.1) is 0 Å². The van der Waals surface area contributed by atoms with Gasteiger partial charge in [-0.25, -0.2) is 4.79 Å². The van der Waals surface area contributed by atoms with Gasteiger partial charge in [-0.15, -0.1) is 0 Å². The van der Waals surface area contributed by atoms with E-state index >= 15 is 0 Å². The van der Waals surface area contributed by atoms with Crippen molar-refractivity contribution in [3.05, 3.63) is 51.9 Å². The van der Waals surface area contributed by atoms with E-state index in [-0.39, 0.29) is 11.3 Å². The van der Waals surface area contributed by atoms with Crippen molar-refractivity contribution in [2.45, 2.75) is 5.75 Å².